The van der Waals surface area contributed by atoms with Crippen LogP contribution in [0, 0.1) is 0 Å². The van der Waals surface area contributed by atoms with Crippen molar-refractivity contribution in [2.45, 2.75) is 25.4 Å². The van der Waals surface area contributed by atoms with Crippen molar-refractivity contribution in [3.8, 4) is 0 Å². The van der Waals surface area contributed by atoms with E-state index in [1.807, 2.05) is 12.3 Å². The summed E-state index contributed by atoms with van der Waals surface area (Å²) < 4.78 is 16.4. The molecule has 0 aromatic heterocycles. The molecule has 0 saturated carbocycles. The van der Waals surface area contributed by atoms with Gasteiger partial charge in [-0.15, -0.1) is 0 Å². The predicted molar refractivity (Wildman–Crippen MR) is 104 cm³/mol. The molecule has 5 heteroatoms. The summed E-state index contributed by atoms with van der Waals surface area (Å²) in [4.78, 5) is 4.51. The molecular formula is C20H27NO3Si. The van der Waals surface area contributed by atoms with E-state index in [1.165, 1.54) is 16.7 Å². The van der Waals surface area contributed by atoms with Crippen molar-refractivity contribution in [3.05, 3.63) is 71.3 Å². The van der Waals surface area contributed by atoms with Crippen molar-refractivity contribution in [2.75, 3.05) is 21.3 Å². The van der Waals surface area contributed by atoms with Gasteiger partial charge in [0.25, 0.3) is 0 Å². The molecular weight excluding hydrogens is 330 g/mol. The Labute approximate surface area is 151 Å². The van der Waals surface area contributed by atoms with E-state index in [-0.39, 0.29) is 0 Å². The Hall–Kier alpha value is -1.79. The third-order valence-electron chi connectivity index (χ3n) is 4.25. The SMILES string of the molecule is CO[Si](CCc1ccc(CN=CCc2ccccc2)cc1)(OC)OC. The zero-order valence-corrected chi connectivity index (χ0v) is 16.3. The van der Waals surface area contributed by atoms with Gasteiger partial charge in [-0.25, -0.2) is 0 Å². The van der Waals surface area contributed by atoms with Crippen LogP contribution < -0.4 is 0 Å². The fraction of sp³-hybridized carbons (Fsp3) is 0.350. The van der Waals surface area contributed by atoms with Crippen LogP contribution in [0.15, 0.2) is 59.6 Å². The number of nitrogens with zero attached hydrogens (tertiary/aromatic N) is 1. The van der Waals surface area contributed by atoms with E-state index < -0.39 is 8.80 Å². The summed E-state index contributed by atoms with van der Waals surface area (Å²) in [5.41, 5.74) is 3.74. The fourth-order valence-corrected chi connectivity index (χ4v) is 4.33. The molecule has 0 amide bonds. The molecule has 25 heavy (non-hydrogen) atoms. The lowest BCUT2D eigenvalue weighted by Crippen LogP contribution is -2.43. The second-order valence-corrected chi connectivity index (χ2v) is 8.92. The van der Waals surface area contributed by atoms with E-state index in [0.717, 1.165) is 18.9 Å². The lowest BCUT2D eigenvalue weighted by atomic mass is 10.1. The van der Waals surface area contributed by atoms with E-state index in [1.54, 1.807) is 21.3 Å². The van der Waals surface area contributed by atoms with E-state index in [0.29, 0.717) is 6.54 Å². The molecule has 0 saturated heterocycles. The van der Waals surface area contributed by atoms with Gasteiger partial charge in [-0.05, 0) is 23.1 Å². The molecule has 0 heterocycles. The number of aliphatic imine (C=N–C) groups is 1. The van der Waals surface area contributed by atoms with Gasteiger partial charge in [0, 0.05) is 40.0 Å². The van der Waals surface area contributed by atoms with Crippen molar-refractivity contribution >= 4 is 15.0 Å². The third-order valence-corrected chi connectivity index (χ3v) is 6.98. The van der Waals surface area contributed by atoms with Crippen molar-refractivity contribution < 1.29 is 13.3 Å². The highest BCUT2D eigenvalue weighted by Gasteiger charge is 2.36. The minimum atomic E-state index is -2.50. The Morgan fingerprint density at radius 1 is 0.800 bits per heavy atom. The Bertz CT molecular complexity index is 631. The predicted octanol–water partition coefficient (Wildman–Crippen LogP) is 3.92. The lowest BCUT2D eigenvalue weighted by Gasteiger charge is -2.24. The monoisotopic (exact) mass is 357 g/mol. The molecule has 0 spiro atoms. The smallest absolute Gasteiger partial charge is 0.377 e. The van der Waals surface area contributed by atoms with E-state index in [9.17, 15) is 0 Å². The van der Waals surface area contributed by atoms with Gasteiger partial charge in [0.05, 0.1) is 6.54 Å². The summed E-state index contributed by atoms with van der Waals surface area (Å²) in [5, 5.41) is 0. The first-order valence-corrected chi connectivity index (χ1v) is 10.4. The molecule has 134 valence electrons. The first-order valence-electron chi connectivity index (χ1n) is 8.47. The van der Waals surface area contributed by atoms with Crippen molar-refractivity contribution in [3.63, 3.8) is 0 Å². The summed E-state index contributed by atoms with van der Waals surface area (Å²) in [6.45, 7) is 0.708. The summed E-state index contributed by atoms with van der Waals surface area (Å²) in [5.74, 6) is 0. The van der Waals surface area contributed by atoms with Gasteiger partial charge in [0.1, 0.15) is 0 Å². The summed E-state index contributed by atoms with van der Waals surface area (Å²) in [7, 11) is 2.45. The molecule has 0 aliphatic carbocycles. The largest absolute Gasteiger partial charge is 0.500 e. The number of hydrogen-bond donors (Lipinski definition) is 0. The maximum absolute atomic E-state index is 5.46. The number of rotatable bonds is 10. The minimum absolute atomic E-state index is 0.708. The Morgan fingerprint density at radius 2 is 1.40 bits per heavy atom. The van der Waals surface area contributed by atoms with Crippen LogP contribution in [0.4, 0.5) is 0 Å². The minimum Gasteiger partial charge on any atom is -0.377 e. The van der Waals surface area contributed by atoms with Crippen LogP contribution in [0.3, 0.4) is 0 Å². The summed E-state index contributed by atoms with van der Waals surface area (Å²) in [6.07, 6.45) is 3.73. The van der Waals surface area contributed by atoms with Crippen LogP contribution in [0.25, 0.3) is 0 Å². The normalized spacial score (nSPS) is 12.0. The second-order valence-electron chi connectivity index (χ2n) is 5.82. The molecule has 0 unspecified atom stereocenters. The van der Waals surface area contributed by atoms with Crippen molar-refractivity contribution in [1.29, 1.82) is 0 Å². The zero-order chi connectivity index (χ0) is 18.0. The average molecular weight is 358 g/mol. The van der Waals surface area contributed by atoms with E-state index in [4.69, 9.17) is 13.3 Å². The van der Waals surface area contributed by atoms with Gasteiger partial charge >= 0.3 is 8.80 Å². The Balaban J connectivity index is 1.81. The molecule has 0 bridgehead atoms. The third kappa shape index (κ3) is 6.21. The van der Waals surface area contributed by atoms with E-state index in [2.05, 4.69) is 53.5 Å². The second kappa shape index (κ2) is 10.3. The Kier molecular flexibility index (Phi) is 8.01. The van der Waals surface area contributed by atoms with Gasteiger partial charge in [0.15, 0.2) is 0 Å². The molecule has 0 radical (unpaired) electrons. The summed E-state index contributed by atoms with van der Waals surface area (Å²) in [6, 6.07) is 19.7. The van der Waals surface area contributed by atoms with Gasteiger partial charge in [-0.1, -0.05) is 54.6 Å². The first-order chi connectivity index (χ1) is 12.2. The quantitative estimate of drug-likeness (QED) is 0.478. The number of benzene rings is 2. The van der Waals surface area contributed by atoms with Crippen molar-refractivity contribution in [1.82, 2.24) is 0 Å². The molecule has 2 aromatic rings. The maximum atomic E-state index is 5.46. The fourth-order valence-electron chi connectivity index (χ4n) is 2.62. The molecule has 4 nitrogen and oxygen atoms in total. The molecule has 2 rings (SSSR count). The highest BCUT2D eigenvalue weighted by Crippen LogP contribution is 2.17. The molecule has 0 fully saturated rings. The molecule has 2 aromatic carbocycles. The topological polar surface area (TPSA) is 40.0 Å². The maximum Gasteiger partial charge on any atom is 0.500 e. The molecule has 0 atom stereocenters. The molecule has 0 aliphatic heterocycles. The highest BCUT2D eigenvalue weighted by atomic mass is 28.4. The van der Waals surface area contributed by atoms with Crippen LogP contribution in [0.2, 0.25) is 6.04 Å². The van der Waals surface area contributed by atoms with Crippen LogP contribution >= 0.6 is 0 Å². The van der Waals surface area contributed by atoms with Crippen LogP contribution in [-0.2, 0) is 32.7 Å². The zero-order valence-electron chi connectivity index (χ0n) is 15.3. The van der Waals surface area contributed by atoms with Gasteiger partial charge in [-0.3, -0.25) is 4.99 Å². The standard InChI is InChI=1S/C20H27NO3Si/c1-22-25(23-2,24-3)16-14-19-9-11-20(12-10-19)17-21-15-13-18-7-5-4-6-8-18/h4-12,15H,13-14,16-17H2,1-3H3. The number of aryl methyl sites for hydroxylation is 1. The van der Waals surface area contributed by atoms with Crippen LogP contribution in [0.5, 0.6) is 0 Å². The van der Waals surface area contributed by atoms with Crippen LogP contribution in [-0.4, -0.2) is 36.3 Å². The first kappa shape index (κ1) is 19.5. The van der Waals surface area contributed by atoms with Crippen LogP contribution in [0.1, 0.15) is 16.7 Å². The number of hydrogen-bond acceptors (Lipinski definition) is 4. The van der Waals surface area contributed by atoms with E-state index >= 15 is 0 Å². The van der Waals surface area contributed by atoms with Gasteiger partial charge in [-0.2, -0.15) is 0 Å². The Morgan fingerprint density at radius 3 is 2.00 bits per heavy atom. The summed E-state index contributed by atoms with van der Waals surface area (Å²) >= 11 is 0. The molecule has 0 N–H and O–H groups in total. The molecule has 0 aliphatic rings. The van der Waals surface area contributed by atoms with Crippen molar-refractivity contribution in [2.24, 2.45) is 4.99 Å². The van der Waals surface area contributed by atoms with Gasteiger partial charge < -0.3 is 13.3 Å². The average Bonchev–Trinajstić information content (AvgIpc) is 2.68. The van der Waals surface area contributed by atoms with Gasteiger partial charge in [0.2, 0.25) is 0 Å². The lowest BCUT2D eigenvalue weighted by molar-refractivity contribution is 0.123. The highest BCUT2D eigenvalue weighted by molar-refractivity contribution is 6.60.